The molecule has 0 saturated carbocycles. The van der Waals surface area contributed by atoms with Crippen molar-refractivity contribution in [3.05, 3.63) is 21.9 Å². The predicted molar refractivity (Wildman–Crippen MR) is 46.5 cm³/mol. The highest BCUT2D eigenvalue weighted by Gasteiger charge is 2.32. The molecular weight excluding hydrogens is 213 g/mol. The second-order valence-corrected chi connectivity index (χ2v) is 3.62. The van der Waals surface area contributed by atoms with Gasteiger partial charge in [0.2, 0.25) is 0 Å². The van der Waals surface area contributed by atoms with Crippen LogP contribution in [0.25, 0.3) is 0 Å². The first-order valence-corrected chi connectivity index (χ1v) is 4.61. The van der Waals surface area contributed by atoms with E-state index in [1.165, 1.54) is 5.38 Å². The lowest BCUT2D eigenvalue weighted by Gasteiger charge is -2.03. The second-order valence-electron chi connectivity index (χ2n) is 2.71. The quantitative estimate of drug-likeness (QED) is 0.832. The molecule has 1 aromatic rings. The van der Waals surface area contributed by atoms with Crippen LogP contribution in [0.4, 0.5) is 13.2 Å². The highest BCUT2D eigenvalue weighted by molar-refractivity contribution is 7.10. The highest BCUT2D eigenvalue weighted by Crippen LogP contribution is 2.35. The predicted octanol–water partition coefficient (Wildman–Crippen LogP) is 2.68. The summed E-state index contributed by atoms with van der Waals surface area (Å²) in [6.45, 7) is 0. The molecule has 0 radical (unpaired) electrons. The Morgan fingerprint density at radius 3 is 2.64 bits per heavy atom. The molecule has 14 heavy (non-hydrogen) atoms. The Kier molecular flexibility index (Phi) is 3.13. The number of halogens is 3. The van der Waals surface area contributed by atoms with E-state index in [0.29, 0.717) is 16.9 Å². The summed E-state index contributed by atoms with van der Waals surface area (Å²) in [6.07, 6.45) is -4.30. The molecule has 1 rings (SSSR count). The van der Waals surface area contributed by atoms with Gasteiger partial charge in [-0.15, -0.1) is 11.3 Å². The van der Waals surface area contributed by atoms with Gasteiger partial charge < -0.3 is 5.73 Å². The maximum atomic E-state index is 12.2. The number of alkyl halides is 3. The van der Waals surface area contributed by atoms with Gasteiger partial charge in [0.05, 0.1) is 12.5 Å². The van der Waals surface area contributed by atoms with Gasteiger partial charge in [0.25, 0.3) is 0 Å². The SMILES string of the molecule is N#CC[C@H](N)c1csc(C(F)(F)F)c1. The van der Waals surface area contributed by atoms with E-state index in [9.17, 15) is 13.2 Å². The summed E-state index contributed by atoms with van der Waals surface area (Å²) in [5.41, 5.74) is 5.84. The summed E-state index contributed by atoms with van der Waals surface area (Å²) < 4.78 is 36.5. The molecular formula is C8H7F3N2S. The van der Waals surface area contributed by atoms with Crippen LogP contribution in [0.15, 0.2) is 11.4 Å². The molecule has 2 N–H and O–H groups in total. The summed E-state index contributed by atoms with van der Waals surface area (Å²) in [7, 11) is 0. The molecule has 0 spiro atoms. The Labute approximate surface area is 82.8 Å². The van der Waals surface area contributed by atoms with Crippen LogP contribution in [0, 0.1) is 11.3 Å². The fraction of sp³-hybridized carbons (Fsp3) is 0.375. The number of nitriles is 1. The Morgan fingerprint density at radius 1 is 1.57 bits per heavy atom. The molecule has 0 aliphatic carbocycles. The summed E-state index contributed by atoms with van der Waals surface area (Å²) in [4.78, 5) is -0.680. The summed E-state index contributed by atoms with van der Waals surface area (Å²) in [5, 5.41) is 9.65. The van der Waals surface area contributed by atoms with Gasteiger partial charge in [-0.05, 0) is 17.0 Å². The Hall–Kier alpha value is -1.06. The van der Waals surface area contributed by atoms with E-state index in [1.807, 2.05) is 6.07 Å². The number of rotatable bonds is 2. The second kappa shape index (κ2) is 3.98. The molecule has 0 unspecified atom stereocenters. The maximum absolute atomic E-state index is 12.2. The maximum Gasteiger partial charge on any atom is 0.425 e. The average molecular weight is 220 g/mol. The number of thiophene rings is 1. The van der Waals surface area contributed by atoms with Gasteiger partial charge in [0, 0.05) is 6.04 Å². The lowest BCUT2D eigenvalue weighted by atomic mass is 10.1. The molecule has 0 fully saturated rings. The van der Waals surface area contributed by atoms with Crippen molar-refractivity contribution in [2.75, 3.05) is 0 Å². The van der Waals surface area contributed by atoms with Gasteiger partial charge >= 0.3 is 6.18 Å². The smallest absolute Gasteiger partial charge is 0.323 e. The van der Waals surface area contributed by atoms with Crippen molar-refractivity contribution < 1.29 is 13.2 Å². The molecule has 0 amide bonds. The van der Waals surface area contributed by atoms with Crippen LogP contribution < -0.4 is 5.73 Å². The molecule has 2 nitrogen and oxygen atoms in total. The largest absolute Gasteiger partial charge is 0.425 e. The fourth-order valence-electron chi connectivity index (χ4n) is 0.910. The van der Waals surface area contributed by atoms with Gasteiger partial charge in [-0.3, -0.25) is 0 Å². The molecule has 1 aromatic heterocycles. The Balaban J connectivity index is 2.84. The fourth-order valence-corrected chi connectivity index (χ4v) is 1.75. The van der Waals surface area contributed by atoms with Gasteiger partial charge in [-0.1, -0.05) is 0 Å². The molecule has 0 aromatic carbocycles. The van der Waals surface area contributed by atoms with Crippen LogP contribution in [0.1, 0.15) is 22.9 Å². The zero-order chi connectivity index (χ0) is 10.8. The van der Waals surface area contributed by atoms with E-state index in [4.69, 9.17) is 11.0 Å². The Bertz CT molecular complexity index is 350. The number of hydrogen-bond donors (Lipinski definition) is 1. The van der Waals surface area contributed by atoms with Crippen molar-refractivity contribution in [2.45, 2.75) is 18.6 Å². The first-order valence-electron chi connectivity index (χ1n) is 3.73. The third kappa shape index (κ3) is 2.47. The first-order chi connectivity index (χ1) is 6.45. The van der Waals surface area contributed by atoms with Crippen molar-refractivity contribution in [2.24, 2.45) is 5.73 Å². The molecule has 0 aliphatic heterocycles. The van der Waals surface area contributed by atoms with Gasteiger partial charge in [0.1, 0.15) is 4.88 Å². The third-order valence-electron chi connectivity index (χ3n) is 1.64. The van der Waals surface area contributed by atoms with Gasteiger partial charge in [-0.2, -0.15) is 18.4 Å². The average Bonchev–Trinajstić information content (AvgIpc) is 2.51. The molecule has 76 valence electrons. The molecule has 1 heterocycles. The van der Waals surface area contributed by atoms with Crippen molar-refractivity contribution >= 4 is 11.3 Å². The van der Waals surface area contributed by atoms with Crippen molar-refractivity contribution in [1.82, 2.24) is 0 Å². The molecule has 0 saturated heterocycles. The minimum absolute atomic E-state index is 0.0219. The molecule has 0 aliphatic rings. The van der Waals surface area contributed by atoms with Crippen LogP contribution in [-0.4, -0.2) is 0 Å². The Morgan fingerprint density at radius 2 is 2.21 bits per heavy atom. The van der Waals surface area contributed by atoms with E-state index >= 15 is 0 Å². The lowest BCUT2D eigenvalue weighted by molar-refractivity contribution is -0.134. The molecule has 0 bridgehead atoms. The molecule has 6 heteroatoms. The van der Waals surface area contributed by atoms with Gasteiger partial charge in [-0.25, -0.2) is 0 Å². The number of hydrogen-bond acceptors (Lipinski definition) is 3. The first kappa shape index (κ1) is 11.0. The van der Waals surface area contributed by atoms with Crippen molar-refractivity contribution in [3.63, 3.8) is 0 Å². The summed E-state index contributed by atoms with van der Waals surface area (Å²) >= 11 is 0.596. The van der Waals surface area contributed by atoms with Crippen LogP contribution in [-0.2, 0) is 6.18 Å². The van der Waals surface area contributed by atoms with E-state index in [0.717, 1.165) is 6.07 Å². The topological polar surface area (TPSA) is 49.8 Å². The lowest BCUT2D eigenvalue weighted by Crippen LogP contribution is -2.08. The number of nitrogens with two attached hydrogens (primary N) is 1. The van der Waals surface area contributed by atoms with E-state index < -0.39 is 17.1 Å². The van der Waals surface area contributed by atoms with Crippen molar-refractivity contribution in [3.8, 4) is 6.07 Å². The van der Waals surface area contributed by atoms with Gasteiger partial charge in [0.15, 0.2) is 0 Å². The third-order valence-corrected chi connectivity index (χ3v) is 2.63. The minimum Gasteiger partial charge on any atom is -0.323 e. The standard InChI is InChI=1S/C8H7F3N2S/c9-8(10,11)7-3-5(4-14-7)6(13)1-2-12/h3-4,6H,1,13H2/t6-/m0/s1. The van der Waals surface area contributed by atoms with E-state index in [1.54, 1.807) is 0 Å². The number of nitrogens with zero attached hydrogens (tertiary/aromatic N) is 1. The zero-order valence-corrected chi connectivity index (χ0v) is 7.82. The highest BCUT2D eigenvalue weighted by atomic mass is 32.1. The van der Waals surface area contributed by atoms with E-state index in [2.05, 4.69) is 0 Å². The van der Waals surface area contributed by atoms with E-state index in [-0.39, 0.29) is 6.42 Å². The van der Waals surface area contributed by atoms with Crippen LogP contribution in [0.3, 0.4) is 0 Å². The normalized spacial score (nSPS) is 13.6. The zero-order valence-electron chi connectivity index (χ0n) is 7.01. The van der Waals surface area contributed by atoms with Crippen LogP contribution >= 0.6 is 11.3 Å². The van der Waals surface area contributed by atoms with Crippen LogP contribution in [0.2, 0.25) is 0 Å². The summed E-state index contributed by atoms with van der Waals surface area (Å²) in [6, 6.07) is 2.17. The monoisotopic (exact) mass is 220 g/mol. The van der Waals surface area contributed by atoms with Crippen LogP contribution in [0.5, 0.6) is 0 Å². The van der Waals surface area contributed by atoms with Crippen molar-refractivity contribution in [1.29, 1.82) is 5.26 Å². The summed E-state index contributed by atoms with van der Waals surface area (Å²) in [5.74, 6) is 0. The molecule has 1 atom stereocenters. The minimum atomic E-state index is -4.32.